The standard InChI is InChI=1S/C21H32O5/c22-15(5-1-3-7-20(9-10-20)16-13-18(23)25-16)6-2-4-8-21(11-12-21)17-14-19(24)26-17/h15-17,22H,1-14H2. The Labute approximate surface area is 155 Å². The highest BCUT2D eigenvalue weighted by molar-refractivity contribution is 5.76. The van der Waals surface area contributed by atoms with Gasteiger partial charge in [-0.1, -0.05) is 25.7 Å². The van der Waals surface area contributed by atoms with Gasteiger partial charge in [-0.2, -0.15) is 0 Å². The van der Waals surface area contributed by atoms with E-state index in [-0.39, 0.29) is 30.3 Å². The number of carbonyl (C=O) groups is 2. The molecular formula is C21H32O5. The minimum atomic E-state index is -0.191. The maximum atomic E-state index is 11.0. The van der Waals surface area contributed by atoms with Crippen molar-refractivity contribution in [1.29, 1.82) is 0 Å². The third-order valence-corrected chi connectivity index (χ3v) is 7.33. The number of rotatable bonds is 12. The van der Waals surface area contributed by atoms with Crippen LogP contribution in [-0.4, -0.2) is 35.4 Å². The van der Waals surface area contributed by atoms with Crippen molar-refractivity contribution >= 4 is 11.9 Å². The second kappa shape index (κ2) is 7.14. The van der Waals surface area contributed by atoms with Crippen LogP contribution in [0.4, 0.5) is 0 Å². The molecule has 4 aliphatic rings. The molecule has 0 aromatic heterocycles. The number of carbonyl (C=O) groups excluding carboxylic acids is 2. The molecule has 2 heterocycles. The minimum absolute atomic E-state index is 0.0415. The van der Waals surface area contributed by atoms with Crippen molar-refractivity contribution in [2.75, 3.05) is 0 Å². The fourth-order valence-corrected chi connectivity index (χ4v) is 4.93. The Bertz CT molecular complexity index is 485. The zero-order valence-corrected chi connectivity index (χ0v) is 15.7. The summed E-state index contributed by atoms with van der Waals surface area (Å²) < 4.78 is 10.5. The van der Waals surface area contributed by atoms with Crippen LogP contribution in [0.15, 0.2) is 0 Å². The summed E-state index contributed by atoms with van der Waals surface area (Å²) in [4.78, 5) is 22.0. The highest BCUT2D eigenvalue weighted by atomic mass is 16.6. The van der Waals surface area contributed by atoms with Crippen LogP contribution < -0.4 is 0 Å². The molecule has 4 fully saturated rings. The maximum absolute atomic E-state index is 11.0. The van der Waals surface area contributed by atoms with E-state index >= 15 is 0 Å². The Hall–Kier alpha value is -1.10. The lowest BCUT2D eigenvalue weighted by Crippen LogP contribution is -2.40. The predicted molar refractivity (Wildman–Crippen MR) is 95.3 cm³/mol. The van der Waals surface area contributed by atoms with Crippen molar-refractivity contribution in [1.82, 2.24) is 0 Å². The molecule has 0 amide bonds. The summed E-state index contributed by atoms with van der Waals surface area (Å²) in [6, 6.07) is 0. The van der Waals surface area contributed by atoms with Crippen molar-refractivity contribution in [3.8, 4) is 0 Å². The number of cyclic esters (lactones) is 2. The number of hydrogen-bond donors (Lipinski definition) is 1. The molecule has 4 rings (SSSR count). The van der Waals surface area contributed by atoms with Crippen LogP contribution in [0.2, 0.25) is 0 Å². The van der Waals surface area contributed by atoms with E-state index in [1.54, 1.807) is 0 Å². The third-order valence-electron chi connectivity index (χ3n) is 7.33. The summed E-state index contributed by atoms with van der Waals surface area (Å²) >= 11 is 0. The van der Waals surface area contributed by atoms with Crippen LogP contribution in [0.3, 0.4) is 0 Å². The average molecular weight is 364 g/mol. The van der Waals surface area contributed by atoms with Gasteiger partial charge < -0.3 is 14.6 Å². The number of aliphatic hydroxyl groups excluding tert-OH is 1. The topological polar surface area (TPSA) is 72.8 Å². The molecule has 0 aromatic carbocycles. The van der Waals surface area contributed by atoms with Crippen molar-refractivity contribution < 1.29 is 24.2 Å². The molecular weight excluding hydrogens is 332 g/mol. The van der Waals surface area contributed by atoms with E-state index in [0.717, 1.165) is 51.4 Å². The van der Waals surface area contributed by atoms with Crippen LogP contribution in [-0.2, 0) is 19.1 Å². The first-order valence-electron chi connectivity index (χ1n) is 10.6. The van der Waals surface area contributed by atoms with Gasteiger partial charge in [0.1, 0.15) is 12.2 Å². The number of esters is 2. The fourth-order valence-electron chi connectivity index (χ4n) is 4.93. The molecule has 2 saturated heterocycles. The molecule has 146 valence electrons. The molecule has 5 heteroatoms. The second-order valence-electron chi connectivity index (χ2n) is 9.24. The van der Waals surface area contributed by atoms with Crippen molar-refractivity contribution in [3.63, 3.8) is 0 Å². The molecule has 26 heavy (non-hydrogen) atoms. The van der Waals surface area contributed by atoms with Gasteiger partial charge in [-0.05, 0) is 51.4 Å². The summed E-state index contributed by atoms with van der Waals surface area (Å²) in [5.41, 5.74) is 0.588. The Kier molecular flexibility index (Phi) is 5.02. The van der Waals surface area contributed by atoms with Gasteiger partial charge in [-0.15, -0.1) is 0 Å². The van der Waals surface area contributed by atoms with Crippen molar-refractivity contribution in [3.05, 3.63) is 0 Å². The van der Waals surface area contributed by atoms with E-state index in [2.05, 4.69) is 0 Å². The Morgan fingerprint density at radius 1 is 0.808 bits per heavy atom. The van der Waals surface area contributed by atoms with Crippen LogP contribution >= 0.6 is 0 Å². The summed E-state index contributed by atoms with van der Waals surface area (Å²) in [5, 5.41) is 10.2. The zero-order valence-electron chi connectivity index (χ0n) is 15.7. The Morgan fingerprint density at radius 3 is 1.50 bits per heavy atom. The molecule has 5 nitrogen and oxygen atoms in total. The molecule has 2 aliphatic heterocycles. The van der Waals surface area contributed by atoms with Crippen molar-refractivity contribution in [2.45, 2.75) is 108 Å². The molecule has 2 aliphatic carbocycles. The first kappa shape index (κ1) is 18.3. The molecule has 2 atom stereocenters. The van der Waals surface area contributed by atoms with Crippen LogP contribution in [0.1, 0.15) is 89.9 Å². The fraction of sp³-hybridized carbons (Fsp3) is 0.905. The maximum Gasteiger partial charge on any atom is 0.309 e. The smallest absolute Gasteiger partial charge is 0.309 e. The monoisotopic (exact) mass is 364 g/mol. The van der Waals surface area contributed by atoms with Crippen LogP contribution in [0.25, 0.3) is 0 Å². The number of unbranched alkanes of at least 4 members (excludes halogenated alkanes) is 2. The Balaban J connectivity index is 1.02. The molecule has 2 saturated carbocycles. The minimum Gasteiger partial charge on any atom is -0.461 e. The van der Waals surface area contributed by atoms with Gasteiger partial charge in [-0.25, -0.2) is 0 Å². The third kappa shape index (κ3) is 3.92. The van der Waals surface area contributed by atoms with E-state index in [1.165, 1.54) is 25.7 Å². The highest BCUT2D eigenvalue weighted by Crippen LogP contribution is 2.57. The van der Waals surface area contributed by atoms with Gasteiger partial charge in [0.15, 0.2) is 0 Å². The number of hydrogen-bond acceptors (Lipinski definition) is 5. The van der Waals surface area contributed by atoms with E-state index < -0.39 is 0 Å². The van der Waals surface area contributed by atoms with Crippen LogP contribution in [0.5, 0.6) is 0 Å². The molecule has 1 N–H and O–H groups in total. The van der Waals surface area contributed by atoms with E-state index in [1.807, 2.05) is 0 Å². The van der Waals surface area contributed by atoms with Gasteiger partial charge in [-0.3, -0.25) is 9.59 Å². The predicted octanol–water partition coefficient (Wildman–Crippen LogP) is 3.66. The summed E-state index contributed by atoms with van der Waals surface area (Å²) in [7, 11) is 0. The van der Waals surface area contributed by atoms with E-state index in [9.17, 15) is 14.7 Å². The highest BCUT2D eigenvalue weighted by Gasteiger charge is 2.55. The van der Waals surface area contributed by atoms with E-state index in [4.69, 9.17) is 9.47 Å². The molecule has 2 unspecified atom stereocenters. The van der Waals surface area contributed by atoms with E-state index in [0.29, 0.717) is 23.7 Å². The van der Waals surface area contributed by atoms with Crippen LogP contribution in [0, 0.1) is 10.8 Å². The van der Waals surface area contributed by atoms with Gasteiger partial charge in [0.2, 0.25) is 0 Å². The lowest BCUT2D eigenvalue weighted by atomic mass is 9.86. The largest absolute Gasteiger partial charge is 0.461 e. The SMILES string of the molecule is O=C1CC(C2(CCCCC(O)CCCCC3(C4CC(=O)O4)CC3)CC2)O1. The molecule has 0 aromatic rings. The first-order chi connectivity index (χ1) is 12.5. The van der Waals surface area contributed by atoms with Gasteiger partial charge in [0.05, 0.1) is 18.9 Å². The normalized spacial score (nSPS) is 31.3. The van der Waals surface area contributed by atoms with Gasteiger partial charge in [0.25, 0.3) is 0 Å². The molecule has 0 bridgehead atoms. The number of aliphatic hydroxyl groups is 1. The summed E-state index contributed by atoms with van der Waals surface area (Å²) in [5.74, 6) is -0.0831. The Morgan fingerprint density at radius 2 is 1.19 bits per heavy atom. The lowest BCUT2D eigenvalue weighted by Gasteiger charge is -2.33. The van der Waals surface area contributed by atoms with Gasteiger partial charge >= 0.3 is 11.9 Å². The average Bonchev–Trinajstić information content (AvgIpc) is 3.47. The lowest BCUT2D eigenvalue weighted by molar-refractivity contribution is -0.178. The number of ether oxygens (including phenoxy) is 2. The zero-order chi connectivity index (χ0) is 18.2. The quantitative estimate of drug-likeness (QED) is 0.423. The molecule has 0 spiro atoms. The van der Waals surface area contributed by atoms with Gasteiger partial charge in [0, 0.05) is 10.8 Å². The second-order valence-corrected chi connectivity index (χ2v) is 9.24. The first-order valence-corrected chi connectivity index (χ1v) is 10.6. The molecule has 0 radical (unpaired) electrons. The summed E-state index contributed by atoms with van der Waals surface area (Å²) in [6.45, 7) is 0. The summed E-state index contributed by atoms with van der Waals surface area (Å²) in [6.07, 6.45) is 14.6. The van der Waals surface area contributed by atoms with Crippen molar-refractivity contribution in [2.24, 2.45) is 10.8 Å².